The first kappa shape index (κ1) is 13.5. The van der Waals surface area contributed by atoms with E-state index in [-0.39, 0.29) is 5.41 Å². The molecule has 0 aliphatic rings. The molecule has 0 atom stereocenters. The smallest absolute Gasteiger partial charge is 0.190 e. The van der Waals surface area contributed by atoms with Gasteiger partial charge in [0.25, 0.3) is 0 Å². The van der Waals surface area contributed by atoms with Gasteiger partial charge in [0.05, 0.1) is 0 Å². The quantitative estimate of drug-likeness (QED) is 0.723. The monoisotopic (exact) mass is 236 g/mol. The Kier molecular flexibility index (Phi) is 3.97. The minimum absolute atomic E-state index is 0.243. The fourth-order valence-electron chi connectivity index (χ4n) is 1.69. The lowest BCUT2D eigenvalue weighted by Crippen LogP contribution is -2.32. The minimum atomic E-state index is -1.48. The zero-order valence-corrected chi connectivity index (χ0v) is 12.4. The summed E-state index contributed by atoms with van der Waals surface area (Å²) in [6.07, 6.45) is 0. The maximum absolute atomic E-state index is 5.58. The number of hydrogen-bond acceptors (Lipinski definition) is 1. The zero-order chi connectivity index (χ0) is 12.4. The molecule has 0 radical (unpaired) electrons. The third-order valence-electron chi connectivity index (χ3n) is 3.00. The second-order valence-electron chi connectivity index (χ2n) is 6.09. The third-order valence-corrected chi connectivity index (χ3v) is 5.37. The second-order valence-corrected chi connectivity index (χ2v) is 10.4. The average molecular weight is 236 g/mol. The summed E-state index contributed by atoms with van der Waals surface area (Å²) in [6, 6.07) is 10.1. The third kappa shape index (κ3) is 3.76. The number of hydrogen-bond donors (Lipinski definition) is 0. The van der Waals surface area contributed by atoms with Crippen molar-refractivity contribution in [1.29, 1.82) is 0 Å². The van der Waals surface area contributed by atoms with E-state index in [2.05, 4.69) is 58.1 Å². The summed E-state index contributed by atoms with van der Waals surface area (Å²) >= 11 is 0. The van der Waals surface area contributed by atoms with Crippen LogP contribution in [-0.2, 0) is 15.9 Å². The molecule has 0 aliphatic carbocycles. The fourth-order valence-corrected chi connectivity index (χ4v) is 3.05. The topological polar surface area (TPSA) is 9.23 Å². The lowest BCUT2D eigenvalue weighted by Gasteiger charge is -2.22. The van der Waals surface area contributed by atoms with Crippen LogP contribution in [0.5, 0.6) is 0 Å². The van der Waals surface area contributed by atoms with Crippen molar-refractivity contribution >= 4 is 8.32 Å². The van der Waals surface area contributed by atoms with E-state index in [9.17, 15) is 0 Å². The minimum Gasteiger partial charge on any atom is -0.420 e. The van der Waals surface area contributed by atoms with Gasteiger partial charge in [-0.3, -0.25) is 0 Å². The summed E-state index contributed by atoms with van der Waals surface area (Å²) in [4.78, 5) is 0. The van der Waals surface area contributed by atoms with E-state index in [1.165, 1.54) is 11.1 Å². The van der Waals surface area contributed by atoms with Crippen LogP contribution in [0.15, 0.2) is 24.3 Å². The highest BCUT2D eigenvalue weighted by molar-refractivity contribution is 6.70. The van der Waals surface area contributed by atoms with Gasteiger partial charge in [-0.1, -0.05) is 45.0 Å². The normalized spacial score (nSPS) is 12.9. The number of benzene rings is 1. The van der Waals surface area contributed by atoms with Crippen molar-refractivity contribution in [1.82, 2.24) is 0 Å². The van der Waals surface area contributed by atoms with Gasteiger partial charge in [0, 0.05) is 7.11 Å². The van der Waals surface area contributed by atoms with Crippen molar-refractivity contribution in [3.63, 3.8) is 0 Å². The van der Waals surface area contributed by atoms with Gasteiger partial charge in [-0.15, -0.1) is 0 Å². The van der Waals surface area contributed by atoms with Crippen LogP contribution in [0, 0.1) is 0 Å². The van der Waals surface area contributed by atoms with Crippen molar-refractivity contribution in [3.05, 3.63) is 35.4 Å². The Morgan fingerprint density at radius 3 is 1.94 bits per heavy atom. The highest BCUT2D eigenvalue weighted by Crippen LogP contribution is 2.23. The van der Waals surface area contributed by atoms with Gasteiger partial charge < -0.3 is 4.43 Å². The Morgan fingerprint density at radius 2 is 1.56 bits per heavy atom. The van der Waals surface area contributed by atoms with Crippen molar-refractivity contribution in [3.8, 4) is 0 Å². The predicted molar refractivity (Wildman–Crippen MR) is 73.3 cm³/mol. The second kappa shape index (κ2) is 4.72. The molecule has 0 bridgehead atoms. The van der Waals surface area contributed by atoms with Crippen LogP contribution >= 0.6 is 0 Å². The van der Waals surface area contributed by atoms with Gasteiger partial charge >= 0.3 is 0 Å². The summed E-state index contributed by atoms with van der Waals surface area (Å²) < 4.78 is 5.58. The molecular formula is C14H24OSi. The predicted octanol–water partition coefficient (Wildman–Crippen LogP) is 3.92. The van der Waals surface area contributed by atoms with Gasteiger partial charge in [0.1, 0.15) is 0 Å². The SMILES string of the molecule is CO[Si](C)(C)Cc1ccc(C(C)(C)C)cc1. The van der Waals surface area contributed by atoms with Crippen molar-refractivity contribution < 1.29 is 4.43 Å². The fraction of sp³-hybridized carbons (Fsp3) is 0.571. The first-order valence-corrected chi connectivity index (χ1v) is 9.01. The molecule has 0 saturated heterocycles. The van der Waals surface area contributed by atoms with Crippen LogP contribution in [0.4, 0.5) is 0 Å². The van der Waals surface area contributed by atoms with Gasteiger partial charge in [-0.05, 0) is 35.7 Å². The molecule has 0 aliphatic heterocycles. The van der Waals surface area contributed by atoms with Gasteiger partial charge in [0.15, 0.2) is 8.32 Å². The average Bonchev–Trinajstić information content (AvgIpc) is 2.16. The van der Waals surface area contributed by atoms with Crippen LogP contribution in [0.25, 0.3) is 0 Å². The van der Waals surface area contributed by atoms with Gasteiger partial charge in [-0.2, -0.15) is 0 Å². The van der Waals surface area contributed by atoms with E-state index in [4.69, 9.17) is 4.43 Å². The highest BCUT2D eigenvalue weighted by Gasteiger charge is 2.21. The van der Waals surface area contributed by atoms with E-state index >= 15 is 0 Å². The molecule has 0 fully saturated rings. The first-order valence-electron chi connectivity index (χ1n) is 5.89. The van der Waals surface area contributed by atoms with E-state index in [0.29, 0.717) is 0 Å². The van der Waals surface area contributed by atoms with Crippen LogP contribution in [0.1, 0.15) is 31.9 Å². The van der Waals surface area contributed by atoms with Crippen LogP contribution in [0.2, 0.25) is 13.1 Å². The Bertz CT molecular complexity index is 333. The Balaban J connectivity index is 2.80. The van der Waals surface area contributed by atoms with Crippen LogP contribution < -0.4 is 0 Å². The van der Waals surface area contributed by atoms with Crippen LogP contribution in [0.3, 0.4) is 0 Å². The summed E-state index contributed by atoms with van der Waals surface area (Å²) in [5.74, 6) is 0. The molecule has 1 aromatic carbocycles. The van der Waals surface area contributed by atoms with E-state index in [1.54, 1.807) is 0 Å². The molecule has 1 rings (SSSR count). The molecule has 0 amide bonds. The Morgan fingerprint density at radius 1 is 1.06 bits per heavy atom. The summed E-state index contributed by atoms with van der Waals surface area (Å²) in [5.41, 5.74) is 3.03. The van der Waals surface area contributed by atoms with E-state index < -0.39 is 8.32 Å². The molecule has 16 heavy (non-hydrogen) atoms. The first-order chi connectivity index (χ1) is 7.24. The lowest BCUT2D eigenvalue weighted by atomic mass is 9.87. The molecule has 0 saturated carbocycles. The molecule has 0 aromatic heterocycles. The maximum Gasteiger partial charge on any atom is 0.190 e. The van der Waals surface area contributed by atoms with Crippen molar-refractivity contribution in [2.75, 3.05) is 7.11 Å². The molecule has 1 nitrogen and oxygen atoms in total. The van der Waals surface area contributed by atoms with E-state index in [1.807, 2.05) is 7.11 Å². The van der Waals surface area contributed by atoms with Crippen LogP contribution in [-0.4, -0.2) is 15.4 Å². The van der Waals surface area contributed by atoms with Gasteiger partial charge in [0.2, 0.25) is 0 Å². The summed E-state index contributed by atoms with van der Waals surface area (Å²) in [7, 11) is 0.348. The molecule has 0 heterocycles. The summed E-state index contributed by atoms with van der Waals surface area (Å²) in [5, 5.41) is 0. The van der Waals surface area contributed by atoms with Gasteiger partial charge in [-0.25, -0.2) is 0 Å². The molecule has 1 aromatic rings. The molecule has 90 valence electrons. The van der Waals surface area contributed by atoms with E-state index in [0.717, 1.165) is 6.04 Å². The summed E-state index contributed by atoms with van der Waals surface area (Å²) in [6.45, 7) is 11.2. The van der Waals surface area contributed by atoms with Crippen molar-refractivity contribution in [2.45, 2.75) is 45.3 Å². The lowest BCUT2D eigenvalue weighted by molar-refractivity contribution is 0.403. The Labute approximate surface area is 101 Å². The molecule has 0 N–H and O–H groups in total. The zero-order valence-electron chi connectivity index (χ0n) is 11.4. The molecule has 0 spiro atoms. The maximum atomic E-state index is 5.58. The highest BCUT2D eigenvalue weighted by atomic mass is 28.4. The largest absolute Gasteiger partial charge is 0.420 e. The Hall–Kier alpha value is -0.603. The number of rotatable bonds is 3. The molecule has 2 heteroatoms. The molecule has 0 unspecified atom stereocenters. The molecular weight excluding hydrogens is 212 g/mol. The van der Waals surface area contributed by atoms with Crippen molar-refractivity contribution in [2.24, 2.45) is 0 Å². The standard InChI is InChI=1S/C14H24OSi/c1-14(2,3)13-9-7-12(8-10-13)11-16(5,6)15-4/h7-10H,11H2,1-6H3.